The number of alkyl halides is 1. The molecule has 0 heterocycles. The molecule has 0 amide bonds. The molecule has 8 heavy (non-hydrogen) atoms. The molecule has 50 valence electrons. The van der Waals surface area contributed by atoms with Crippen LogP contribution in [0.25, 0.3) is 0 Å². The summed E-state index contributed by atoms with van der Waals surface area (Å²) in [7, 11) is 0. The van der Waals surface area contributed by atoms with Gasteiger partial charge in [-0.15, -0.1) is 0 Å². The molecule has 0 aromatic heterocycles. The molecule has 3 N–H and O–H groups in total. The van der Waals surface area contributed by atoms with Gasteiger partial charge in [0.1, 0.15) is 0 Å². The molecular formula is C5H13IN2. The maximum atomic E-state index is 5.27. The number of nitrogens with one attached hydrogen (secondary N) is 1. The molecule has 0 saturated heterocycles. The SMILES string of the molecule is CC(CI)NCCN. The van der Waals surface area contributed by atoms with Crippen LogP contribution in [0, 0.1) is 0 Å². The smallest absolute Gasteiger partial charge is 0.0147 e. The summed E-state index contributed by atoms with van der Waals surface area (Å²) < 4.78 is 1.15. The van der Waals surface area contributed by atoms with Gasteiger partial charge in [0, 0.05) is 23.6 Å². The fourth-order valence-electron chi connectivity index (χ4n) is 0.384. The molecule has 0 aliphatic carbocycles. The van der Waals surface area contributed by atoms with Gasteiger partial charge >= 0.3 is 0 Å². The van der Waals surface area contributed by atoms with Crippen molar-refractivity contribution in [3.05, 3.63) is 0 Å². The lowest BCUT2D eigenvalue weighted by Crippen LogP contribution is -2.31. The lowest BCUT2D eigenvalue weighted by atomic mass is 10.4. The largest absolute Gasteiger partial charge is 0.329 e. The first-order valence-corrected chi connectivity index (χ1v) is 4.33. The lowest BCUT2D eigenvalue weighted by molar-refractivity contribution is 0.608. The van der Waals surface area contributed by atoms with Crippen molar-refractivity contribution < 1.29 is 0 Å². The molecule has 0 aliphatic heterocycles. The Hall–Kier alpha value is 0.650. The molecular weight excluding hydrogens is 215 g/mol. The van der Waals surface area contributed by atoms with Gasteiger partial charge in [0.25, 0.3) is 0 Å². The van der Waals surface area contributed by atoms with Crippen LogP contribution in [-0.4, -0.2) is 23.6 Å². The number of nitrogens with two attached hydrogens (primary N) is 1. The van der Waals surface area contributed by atoms with Crippen LogP contribution < -0.4 is 11.1 Å². The van der Waals surface area contributed by atoms with Gasteiger partial charge in [0.15, 0.2) is 0 Å². The highest BCUT2D eigenvalue weighted by Crippen LogP contribution is 1.87. The van der Waals surface area contributed by atoms with Crippen molar-refractivity contribution in [3.8, 4) is 0 Å². The lowest BCUT2D eigenvalue weighted by Gasteiger charge is -2.07. The van der Waals surface area contributed by atoms with Crippen molar-refractivity contribution in [2.45, 2.75) is 13.0 Å². The second-order valence-corrected chi connectivity index (χ2v) is 2.68. The molecule has 0 rings (SSSR count). The maximum Gasteiger partial charge on any atom is 0.0147 e. The summed E-state index contributed by atoms with van der Waals surface area (Å²) in [6.45, 7) is 3.83. The molecule has 0 aromatic rings. The topological polar surface area (TPSA) is 38.0 Å². The van der Waals surface area contributed by atoms with E-state index in [9.17, 15) is 0 Å². The molecule has 0 radical (unpaired) electrons. The van der Waals surface area contributed by atoms with Gasteiger partial charge < -0.3 is 11.1 Å². The molecule has 0 aromatic carbocycles. The third kappa shape index (κ3) is 4.80. The summed E-state index contributed by atoms with van der Waals surface area (Å²) in [4.78, 5) is 0. The van der Waals surface area contributed by atoms with E-state index in [0.717, 1.165) is 17.5 Å². The zero-order chi connectivity index (χ0) is 6.41. The third-order valence-electron chi connectivity index (χ3n) is 0.869. The fraction of sp³-hybridized carbons (Fsp3) is 1.00. The minimum absolute atomic E-state index is 0.610. The van der Waals surface area contributed by atoms with Gasteiger partial charge in [-0.25, -0.2) is 0 Å². The van der Waals surface area contributed by atoms with E-state index < -0.39 is 0 Å². The van der Waals surface area contributed by atoms with Gasteiger partial charge in [-0.3, -0.25) is 0 Å². The van der Waals surface area contributed by atoms with Gasteiger partial charge in [0.05, 0.1) is 0 Å². The van der Waals surface area contributed by atoms with E-state index in [0.29, 0.717) is 6.04 Å². The number of hydrogen-bond acceptors (Lipinski definition) is 2. The van der Waals surface area contributed by atoms with Crippen LogP contribution in [0.5, 0.6) is 0 Å². The first kappa shape index (κ1) is 8.65. The van der Waals surface area contributed by atoms with E-state index in [1.165, 1.54) is 0 Å². The van der Waals surface area contributed by atoms with E-state index in [1.807, 2.05) is 0 Å². The van der Waals surface area contributed by atoms with Crippen LogP contribution in [0.1, 0.15) is 6.92 Å². The highest BCUT2D eigenvalue weighted by atomic mass is 127. The van der Waals surface area contributed by atoms with Crippen LogP contribution >= 0.6 is 22.6 Å². The Balaban J connectivity index is 2.86. The second-order valence-electron chi connectivity index (χ2n) is 1.80. The molecule has 0 fully saturated rings. The van der Waals surface area contributed by atoms with Crippen LogP contribution in [0.3, 0.4) is 0 Å². The van der Waals surface area contributed by atoms with Crippen molar-refractivity contribution in [2.24, 2.45) is 5.73 Å². The Morgan fingerprint density at radius 1 is 1.75 bits per heavy atom. The van der Waals surface area contributed by atoms with Crippen LogP contribution in [0.2, 0.25) is 0 Å². The molecule has 2 nitrogen and oxygen atoms in total. The minimum atomic E-state index is 0.610. The molecule has 1 atom stereocenters. The summed E-state index contributed by atoms with van der Waals surface area (Å²) >= 11 is 2.35. The zero-order valence-electron chi connectivity index (χ0n) is 5.15. The fourth-order valence-corrected chi connectivity index (χ4v) is 0.696. The molecule has 0 aliphatic rings. The number of halogens is 1. The van der Waals surface area contributed by atoms with Crippen molar-refractivity contribution in [2.75, 3.05) is 17.5 Å². The van der Waals surface area contributed by atoms with Crippen LogP contribution in [-0.2, 0) is 0 Å². The Bertz CT molecular complexity index is 49.7. The summed E-state index contributed by atoms with van der Waals surface area (Å²) in [5.74, 6) is 0. The highest BCUT2D eigenvalue weighted by Gasteiger charge is 1.93. The molecule has 1 unspecified atom stereocenters. The van der Waals surface area contributed by atoms with Gasteiger partial charge in [-0.1, -0.05) is 22.6 Å². The van der Waals surface area contributed by atoms with Gasteiger partial charge in [0.2, 0.25) is 0 Å². The van der Waals surface area contributed by atoms with Crippen molar-refractivity contribution in [1.82, 2.24) is 5.32 Å². The van der Waals surface area contributed by atoms with E-state index >= 15 is 0 Å². The normalized spacial score (nSPS) is 13.9. The van der Waals surface area contributed by atoms with E-state index in [4.69, 9.17) is 5.73 Å². The third-order valence-corrected chi connectivity index (χ3v) is 2.19. The number of hydrogen-bond donors (Lipinski definition) is 2. The molecule has 0 spiro atoms. The van der Waals surface area contributed by atoms with E-state index in [1.54, 1.807) is 0 Å². The highest BCUT2D eigenvalue weighted by molar-refractivity contribution is 14.1. The van der Waals surface area contributed by atoms with Crippen LogP contribution in [0.15, 0.2) is 0 Å². The van der Waals surface area contributed by atoms with E-state index in [2.05, 4.69) is 34.8 Å². The Kier molecular flexibility index (Phi) is 6.25. The molecule has 3 heteroatoms. The average molecular weight is 228 g/mol. The Morgan fingerprint density at radius 3 is 2.75 bits per heavy atom. The van der Waals surface area contributed by atoms with Crippen molar-refractivity contribution in [1.29, 1.82) is 0 Å². The predicted molar refractivity (Wildman–Crippen MR) is 45.4 cm³/mol. The molecule has 0 bridgehead atoms. The summed E-state index contributed by atoms with van der Waals surface area (Å²) in [5, 5.41) is 3.25. The van der Waals surface area contributed by atoms with Gasteiger partial charge in [-0.05, 0) is 6.92 Å². The first-order chi connectivity index (χ1) is 3.81. The summed E-state index contributed by atoms with van der Waals surface area (Å²) in [6, 6.07) is 0.610. The summed E-state index contributed by atoms with van der Waals surface area (Å²) in [6.07, 6.45) is 0. The molecule has 0 saturated carbocycles. The van der Waals surface area contributed by atoms with E-state index in [-0.39, 0.29) is 0 Å². The Labute approximate surface area is 64.4 Å². The van der Waals surface area contributed by atoms with Crippen LogP contribution in [0.4, 0.5) is 0 Å². The first-order valence-electron chi connectivity index (χ1n) is 2.80. The Morgan fingerprint density at radius 2 is 2.38 bits per heavy atom. The monoisotopic (exact) mass is 228 g/mol. The standard InChI is InChI=1S/C5H13IN2/c1-5(4-6)8-3-2-7/h5,8H,2-4,7H2,1H3. The average Bonchev–Trinajstić information content (AvgIpc) is 1.83. The second kappa shape index (κ2) is 5.78. The van der Waals surface area contributed by atoms with Gasteiger partial charge in [-0.2, -0.15) is 0 Å². The maximum absolute atomic E-state index is 5.27. The van der Waals surface area contributed by atoms with Crippen molar-refractivity contribution in [3.63, 3.8) is 0 Å². The predicted octanol–water partition coefficient (Wildman–Crippen LogP) is 0.358. The minimum Gasteiger partial charge on any atom is -0.329 e. The zero-order valence-corrected chi connectivity index (χ0v) is 7.31. The number of rotatable bonds is 4. The summed E-state index contributed by atoms with van der Waals surface area (Å²) in [5.41, 5.74) is 5.27. The van der Waals surface area contributed by atoms with Crippen molar-refractivity contribution >= 4 is 22.6 Å². The quantitative estimate of drug-likeness (QED) is 0.538.